The Hall–Kier alpha value is -7.16. The molecule has 0 saturated carbocycles. The molecule has 0 saturated heterocycles. The summed E-state index contributed by atoms with van der Waals surface area (Å²) in [6, 6.07) is 57.6. The second-order valence-electron chi connectivity index (χ2n) is 15.5. The highest BCUT2D eigenvalue weighted by molar-refractivity contribution is 6.26. The normalized spacial score (nSPS) is 16.1. The van der Waals surface area contributed by atoms with Gasteiger partial charge in [0.1, 0.15) is 22.3 Å². The lowest BCUT2D eigenvalue weighted by Gasteiger charge is -2.34. The lowest BCUT2D eigenvalue weighted by Crippen LogP contribution is -2.16. The average molecular weight is 713 g/mol. The van der Waals surface area contributed by atoms with Gasteiger partial charge in [0.05, 0.1) is 0 Å². The van der Waals surface area contributed by atoms with Gasteiger partial charge in [0.2, 0.25) is 0 Å². The fraction of sp³-hybridized carbons (Fsp3) is 0.0370. The molecule has 0 radical (unpaired) electrons. The van der Waals surface area contributed by atoms with Crippen molar-refractivity contribution in [2.75, 3.05) is 0 Å². The number of fused-ring (bicyclic) bond motifs is 18. The molecule has 0 amide bonds. The van der Waals surface area contributed by atoms with E-state index in [1.165, 1.54) is 54.6 Å². The van der Waals surface area contributed by atoms with Crippen molar-refractivity contribution in [2.45, 2.75) is 11.8 Å². The van der Waals surface area contributed by atoms with Crippen LogP contribution in [0.15, 0.2) is 191 Å². The van der Waals surface area contributed by atoms with E-state index < -0.39 is 0 Å². The minimum Gasteiger partial charge on any atom is -0.455 e. The van der Waals surface area contributed by atoms with Crippen molar-refractivity contribution in [2.24, 2.45) is 0 Å². The number of hydrogen-bond acceptors (Lipinski definition) is 2. The molecule has 2 aliphatic carbocycles. The Morgan fingerprint density at radius 1 is 0.304 bits per heavy atom. The van der Waals surface area contributed by atoms with E-state index in [0.717, 1.165) is 66.1 Å². The van der Waals surface area contributed by atoms with Crippen LogP contribution in [0.2, 0.25) is 0 Å². The maximum absolute atomic E-state index is 6.80. The van der Waals surface area contributed by atoms with E-state index in [-0.39, 0.29) is 0 Å². The summed E-state index contributed by atoms with van der Waals surface area (Å²) in [5.41, 5.74) is 13.3. The first-order valence-corrected chi connectivity index (χ1v) is 19.5. The van der Waals surface area contributed by atoms with Crippen molar-refractivity contribution < 1.29 is 8.83 Å². The summed E-state index contributed by atoms with van der Waals surface area (Å²) in [7, 11) is 0. The lowest BCUT2D eigenvalue weighted by atomic mass is 9.69. The van der Waals surface area contributed by atoms with E-state index in [4.69, 9.17) is 8.83 Å². The molecule has 0 N–H and O–H groups in total. The van der Waals surface area contributed by atoms with Crippen molar-refractivity contribution >= 4 is 76.2 Å². The summed E-state index contributed by atoms with van der Waals surface area (Å²) in [4.78, 5) is 0. The van der Waals surface area contributed by atoms with Gasteiger partial charge in [0.25, 0.3) is 0 Å². The Kier molecular flexibility index (Phi) is 6.04. The molecule has 260 valence electrons. The van der Waals surface area contributed by atoms with Crippen LogP contribution in [0, 0.1) is 0 Å². The third-order valence-electron chi connectivity index (χ3n) is 12.6. The highest BCUT2D eigenvalue weighted by Crippen LogP contribution is 2.51. The van der Waals surface area contributed by atoms with Gasteiger partial charge in [-0.1, -0.05) is 158 Å². The van der Waals surface area contributed by atoms with E-state index in [1.54, 1.807) is 0 Å². The average Bonchev–Trinajstić information content (AvgIpc) is 3.83. The highest BCUT2D eigenvalue weighted by Gasteiger charge is 2.32. The molecule has 0 bridgehead atoms. The Bertz CT molecular complexity index is 3520. The lowest BCUT2D eigenvalue weighted by molar-refractivity contribution is 0.657. The van der Waals surface area contributed by atoms with Gasteiger partial charge in [-0.3, -0.25) is 0 Å². The Morgan fingerprint density at radius 3 is 1.43 bits per heavy atom. The monoisotopic (exact) mass is 712 g/mol. The van der Waals surface area contributed by atoms with Crippen LogP contribution in [-0.2, 0) is 0 Å². The standard InChI is InChI=1S/C54H32O2/c1-3-15-39-35(11-1)37-13-5-7-17-41(37)47-27-31(23-25-43(39)47)33-19-9-21-45-49-29-50-46-22-10-20-34(54(46)56-52(50)30-51(49)55-53(33)45)32-24-26-44-40-16-4-2-12-36(40)38-14-6-8-18-42(38)48(44)28-32/h1-30,35,39H. The minimum absolute atomic E-state index is 0.341. The zero-order chi connectivity index (χ0) is 36.5. The highest BCUT2D eigenvalue weighted by atomic mass is 16.3. The second-order valence-corrected chi connectivity index (χ2v) is 15.5. The summed E-state index contributed by atoms with van der Waals surface area (Å²) < 4.78 is 13.6. The molecule has 0 aliphatic heterocycles. The molecular formula is C54H32O2. The molecule has 11 aromatic rings. The Balaban J connectivity index is 0.963. The summed E-state index contributed by atoms with van der Waals surface area (Å²) in [5, 5.41) is 12.0. The van der Waals surface area contributed by atoms with Crippen LogP contribution in [0.3, 0.4) is 0 Å². The first-order valence-electron chi connectivity index (χ1n) is 19.5. The number of allylic oxidation sites excluding steroid dienone is 4. The molecule has 2 atom stereocenters. The van der Waals surface area contributed by atoms with Gasteiger partial charge in [0.15, 0.2) is 0 Å². The largest absolute Gasteiger partial charge is 0.455 e. The second kappa shape index (κ2) is 11.2. The zero-order valence-electron chi connectivity index (χ0n) is 30.3. The van der Waals surface area contributed by atoms with E-state index in [0.29, 0.717) is 11.8 Å². The molecule has 2 heterocycles. The molecule has 2 aromatic heterocycles. The summed E-state index contributed by atoms with van der Waals surface area (Å²) in [6.45, 7) is 0. The van der Waals surface area contributed by atoms with Crippen molar-refractivity contribution in [3.8, 4) is 33.4 Å². The van der Waals surface area contributed by atoms with Crippen molar-refractivity contribution in [1.29, 1.82) is 0 Å². The summed E-state index contributed by atoms with van der Waals surface area (Å²) in [5.74, 6) is 0.709. The van der Waals surface area contributed by atoms with Crippen LogP contribution < -0.4 is 0 Å². The predicted octanol–water partition coefficient (Wildman–Crippen LogP) is 15.3. The molecule has 2 aliphatic rings. The van der Waals surface area contributed by atoms with Crippen LogP contribution in [0.25, 0.3) is 110 Å². The molecule has 0 spiro atoms. The molecule has 13 rings (SSSR count). The van der Waals surface area contributed by atoms with Crippen LogP contribution in [0.4, 0.5) is 0 Å². The molecule has 9 aromatic carbocycles. The zero-order valence-corrected chi connectivity index (χ0v) is 30.3. The third-order valence-corrected chi connectivity index (χ3v) is 12.6. The van der Waals surface area contributed by atoms with Gasteiger partial charge in [-0.2, -0.15) is 0 Å². The van der Waals surface area contributed by atoms with Gasteiger partial charge >= 0.3 is 0 Å². The first-order chi connectivity index (χ1) is 27.8. The van der Waals surface area contributed by atoms with Crippen molar-refractivity contribution in [3.63, 3.8) is 0 Å². The van der Waals surface area contributed by atoms with Crippen molar-refractivity contribution in [1.82, 2.24) is 0 Å². The quantitative estimate of drug-likeness (QED) is 0.167. The maximum atomic E-state index is 6.80. The van der Waals surface area contributed by atoms with Crippen LogP contribution >= 0.6 is 0 Å². The maximum Gasteiger partial charge on any atom is 0.143 e. The van der Waals surface area contributed by atoms with Gasteiger partial charge in [-0.15, -0.1) is 0 Å². The van der Waals surface area contributed by atoms with Crippen molar-refractivity contribution in [3.05, 3.63) is 193 Å². The summed E-state index contributed by atoms with van der Waals surface area (Å²) >= 11 is 0. The van der Waals surface area contributed by atoms with E-state index in [1.807, 2.05) is 0 Å². The Morgan fingerprint density at radius 2 is 0.786 bits per heavy atom. The number of rotatable bonds is 2. The molecule has 56 heavy (non-hydrogen) atoms. The van der Waals surface area contributed by atoms with Crippen LogP contribution in [-0.4, -0.2) is 0 Å². The fourth-order valence-electron chi connectivity index (χ4n) is 10.1. The fourth-order valence-corrected chi connectivity index (χ4v) is 10.1. The minimum atomic E-state index is 0.341. The van der Waals surface area contributed by atoms with Crippen LogP contribution in [0.5, 0.6) is 0 Å². The molecule has 0 fully saturated rings. The number of para-hydroxylation sites is 2. The van der Waals surface area contributed by atoms with Gasteiger partial charge < -0.3 is 8.83 Å². The number of hydrogen-bond donors (Lipinski definition) is 0. The number of benzene rings is 9. The third kappa shape index (κ3) is 4.11. The van der Waals surface area contributed by atoms with Gasteiger partial charge in [-0.25, -0.2) is 0 Å². The Labute approximate surface area is 322 Å². The molecular weight excluding hydrogens is 681 g/mol. The molecule has 2 heteroatoms. The summed E-state index contributed by atoms with van der Waals surface area (Å²) in [6.07, 6.45) is 9.08. The van der Waals surface area contributed by atoms with E-state index in [2.05, 4.69) is 182 Å². The van der Waals surface area contributed by atoms with E-state index >= 15 is 0 Å². The molecule has 2 nitrogen and oxygen atoms in total. The van der Waals surface area contributed by atoms with E-state index in [9.17, 15) is 0 Å². The smallest absolute Gasteiger partial charge is 0.143 e. The van der Waals surface area contributed by atoms with Crippen LogP contribution in [0.1, 0.15) is 23.0 Å². The SMILES string of the molecule is C1=CC2c3ccccc3-c3cc(-c4cccc5c4oc4cc6oc7c(-c8ccc9c%10ccccc%10c%10ccccc%10c9c8)cccc7c6cc45)ccc3C2C=C1. The number of furan rings is 2. The predicted molar refractivity (Wildman–Crippen MR) is 234 cm³/mol. The van der Waals surface area contributed by atoms with Gasteiger partial charge in [-0.05, 0) is 83.9 Å². The first kappa shape index (κ1) is 30.2. The topological polar surface area (TPSA) is 26.3 Å². The van der Waals surface area contributed by atoms with Gasteiger partial charge in [0, 0.05) is 50.6 Å². The molecule has 2 unspecified atom stereocenters.